The van der Waals surface area contributed by atoms with Crippen molar-refractivity contribution in [1.82, 2.24) is 20.3 Å². The van der Waals surface area contributed by atoms with Crippen LogP contribution in [0.4, 0.5) is 0 Å². The van der Waals surface area contributed by atoms with E-state index in [-0.39, 0.29) is 5.60 Å². The maximum Gasteiger partial charge on any atom is 0.0964 e. The minimum Gasteiger partial charge on any atom is -0.374 e. The quantitative estimate of drug-likeness (QED) is 0.842. The molecule has 1 aromatic rings. The molecule has 0 aromatic carbocycles. The van der Waals surface area contributed by atoms with Crippen molar-refractivity contribution in [3.05, 3.63) is 11.9 Å². The third-order valence-electron chi connectivity index (χ3n) is 4.20. The zero-order valence-electron chi connectivity index (χ0n) is 12.2. The summed E-state index contributed by atoms with van der Waals surface area (Å²) in [7, 11) is 0. The second kappa shape index (κ2) is 6.45. The summed E-state index contributed by atoms with van der Waals surface area (Å²) in [6, 6.07) is 0.454. The molecule has 0 bridgehead atoms. The predicted molar refractivity (Wildman–Crippen MR) is 80.9 cm³/mol. The van der Waals surface area contributed by atoms with Gasteiger partial charge >= 0.3 is 0 Å². The van der Waals surface area contributed by atoms with E-state index in [1.807, 2.05) is 11.8 Å². The molecule has 2 saturated heterocycles. The highest BCUT2D eigenvalue weighted by Crippen LogP contribution is 2.41. The molecule has 0 saturated carbocycles. The van der Waals surface area contributed by atoms with Crippen molar-refractivity contribution in [3.8, 4) is 0 Å². The Kier molecular flexibility index (Phi) is 4.63. The van der Waals surface area contributed by atoms with E-state index >= 15 is 0 Å². The monoisotopic (exact) mass is 296 g/mol. The van der Waals surface area contributed by atoms with Crippen molar-refractivity contribution < 1.29 is 4.74 Å². The molecule has 0 aliphatic carbocycles. The molecule has 112 valence electrons. The van der Waals surface area contributed by atoms with Crippen molar-refractivity contribution in [2.24, 2.45) is 0 Å². The summed E-state index contributed by atoms with van der Waals surface area (Å²) >= 11 is 2.02. The number of nitrogens with one attached hydrogen (secondary N) is 1. The van der Waals surface area contributed by atoms with E-state index in [2.05, 4.69) is 33.4 Å². The number of ether oxygens (including phenoxy) is 1. The molecular formula is C14H24N4OS. The zero-order valence-corrected chi connectivity index (χ0v) is 13.0. The van der Waals surface area contributed by atoms with Crippen LogP contribution in [-0.4, -0.2) is 45.3 Å². The van der Waals surface area contributed by atoms with Crippen molar-refractivity contribution in [2.75, 3.05) is 24.7 Å². The first-order chi connectivity index (χ1) is 9.81. The lowest BCUT2D eigenvalue weighted by atomic mass is 9.90. The van der Waals surface area contributed by atoms with Gasteiger partial charge in [0.05, 0.1) is 23.5 Å². The highest BCUT2D eigenvalue weighted by Gasteiger charge is 2.41. The van der Waals surface area contributed by atoms with Crippen molar-refractivity contribution in [1.29, 1.82) is 0 Å². The normalized spacial score (nSPS) is 30.1. The van der Waals surface area contributed by atoms with Gasteiger partial charge in [0, 0.05) is 18.9 Å². The van der Waals surface area contributed by atoms with Gasteiger partial charge in [-0.1, -0.05) is 12.1 Å². The average molecular weight is 296 g/mol. The molecule has 2 aliphatic rings. The van der Waals surface area contributed by atoms with Crippen molar-refractivity contribution in [3.63, 3.8) is 0 Å². The van der Waals surface area contributed by atoms with Crippen LogP contribution in [0.1, 0.15) is 44.3 Å². The topological polar surface area (TPSA) is 52.0 Å². The Morgan fingerprint density at radius 1 is 1.60 bits per heavy atom. The third-order valence-corrected chi connectivity index (χ3v) is 5.42. The van der Waals surface area contributed by atoms with Gasteiger partial charge in [0.25, 0.3) is 0 Å². The number of aromatic nitrogens is 3. The largest absolute Gasteiger partial charge is 0.374 e. The van der Waals surface area contributed by atoms with E-state index in [0.717, 1.165) is 50.4 Å². The molecule has 0 amide bonds. The highest BCUT2D eigenvalue weighted by molar-refractivity contribution is 7.99. The Hall–Kier alpha value is -0.590. The van der Waals surface area contributed by atoms with Crippen LogP contribution in [0.25, 0.3) is 0 Å². The third kappa shape index (κ3) is 3.18. The molecule has 0 radical (unpaired) electrons. The lowest BCUT2D eigenvalue weighted by Crippen LogP contribution is -2.40. The van der Waals surface area contributed by atoms with Crippen LogP contribution in [-0.2, 0) is 11.3 Å². The lowest BCUT2D eigenvalue weighted by Gasteiger charge is -2.37. The maximum absolute atomic E-state index is 6.07. The fraction of sp³-hybridized carbons (Fsp3) is 0.857. The van der Waals surface area contributed by atoms with Crippen LogP contribution in [0, 0.1) is 0 Å². The first-order valence-corrected chi connectivity index (χ1v) is 8.80. The highest BCUT2D eigenvalue weighted by atomic mass is 32.2. The Labute approximate surface area is 124 Å². The maximum atomic E-state index is 6.07. The van der Waals surface area contributed by atoms with E-state index < -0.39 is 0 Å². The Bertz CT molecular complexity index is 431. The van der Waals surface area contributed by atoms with E-state index in [4.69, 9.17) is 4.74 Å². The Morgan fingerprint density at radius 2 is 2.55 bits per heavy atom. The van der Waals surface area contributed by atoms with Crippen LogP contribution >= 0.6 is 11.8 Å². The Morgan fingerprint density at radius 3 is 3.35 bits per heavy atom. The van der Waals surface area contributed by atoms with Crippen LogP contribution in [0.15, 0.2) is 6.20 Å². The van der Waals surface area contributed by atoms with E-state index in [1.165, 1.54) is 12.2 Å². The van der Waals surface area contributed by atoms with E-state index in [9.17, 15) is 0 Å². The summed E-state index contributed by atoms with van der Waals surface area (Å²) in [4.78, 5) is 0. The molecule has 2 aliphatic heterocycles. The van der Waals surface area contributed by atoms with Crippen LogP contribution in [0.3, 0.4) is 0 Å². The first kappa shape index (κ1) is 14.4. The predicted octanol–water partition coefficient (Wildman–Crippen LogP) is 2.00. The summed E-state index contributed by atoms with van der Waals surface area (Å²) in [6.45, 7) is 4.88. The van der Waals surface area contributed by atoms with Gasteiger partial charge in [-0.3, -0.25) is 0 Å². The van der Waals surface area contributed by atoms with Crippen LogP contribution in [0.2, 0.25) is 0 Å². The minimum absolute atomic E-state index is 0.111. The van der Waals surface area contributed by atoms with Gasteiger partial charge in [-0.25, -0.2) is 4.68 Å². The molecule has 3 rings (SSSR count). The zero-order chi connectivity index (χ0) is 13.8. The summed E-state index contributed by atoms with van der Waals surface area (Å²) in [5.74, 6) is 2.37. The fourth-order valence-electron chi connectivity index (χ4n) is 3.06. The van der Waals surface area contributed by atoms with Crippen LogP contribution < -0.4 is 5.32 Å². The standard InChI is InChI=1S/C14H24N4OS/c1-2-5-15-9-12-10-18(17-16-12)13-3-6-19-14(8-13)4-7-20-11-14/h10,13,15H,2-9,11H2,1H3. The van der Waals surface area contributed by atoms with Gasteiger partial charge < -0.3 is 10.1 Å². The average Bonchev–Trinajstić information content (AvgIpc) is 3.09. The van der Waals surface area contributed by atoms with Gasteiger partial charge in [0.2, 0.25) is 0 Å². The van der Waals surface area contributed by atoms with Gasteiger partial charge in [0.15, 0.2) is 0 Å². The molecular weight excluding hydrogens is 272 g/mol. The summed E-state index contributed by atoms with van der Waals surface area (Å²) in [6.07, 6.45) is 6.58. The SMILES string of the molecule is CCCNCc1cn(C2CCOC3(CCSC3)C2)nn1. The molecule has 1 N–H and O–H groups in total. The molecule has 1 spiro atoms. The van der Waals surface area contributed by atoms with Gasteiger partial charge in [-0.2, -0.15) is 11.8 Å². The lowest BCUT2D eigenvalue weighted by molar-refractivity contribution is -0.0780. The summed E-state index contributed by atoms with van der Waals surface area (Å²) < 4.78 is 8.14. The van der Waals surface area contributed by atoms with E-state index in [1.54, 1.807) is 0 Å². The second-order valence-corrected chi connectivity index (χ2v) is 6.95. The molecule has 20 heavy (non-hydrogen) atoms. The number of hydrogen-bond donors (Lipinski definition) is 1. The summed E-state index contributed by atoms with van der Waals surface area (Å²) in [5, 5.41) is 12.0. The Balaban J connectivity index is 1.60. The van der Waals surface area contributed by atoms with Crippen LogP contribution in [0.5, 0.6) is 0 Å². The number of rotatable bonds is 5. The molecule has 1 aromatic heterocycles. The van der Waals surface area contributed by atoms with E-state index in [0.29, 0.717) is 6.04 Å². The second-order valence-electron chi connectivity index (χ2n) is 5.85. The number of hydrogen-bond acceptors (Lipinski definition) is 5. The molecule has 6 heteroatoms. The molecule has 2 atom stereocenters. The number of thioether (sulfide) groups is 1. The van der Waals surface area contributed by atoms with Crippen molar-refractivity contribution in [2.45, 2.75) is 50.8 Å². The smallest absolute Gasteiger partial charge is 0.0964 e. The molecule has 2 unspecified atom stereocenters. The molecule has 5 nitrogen and oxygen atoms in total. The fourth-order valence-corrected chi connectivity index (χ4v) is 4.44. The van der Waals surface area contributed by atoms with Gasteiger partial charge in [-0.15, -0.1) is 5.10 Å². The number of nitrogens with zero attached hydrogens (tertiary/aromatic N) is 3. The first-order valence-electron chi connectivity index (χ1n) is 7.64. The van der Waals surface area contributed by atoms with Gasteiger partial charge in [0.1, 0.15) is 0 Å². The summed E-state index contributed by atoms with van der Waals surface area (Å²) in [5.41, 5.74) is 1.15. The molecule has 2 fully saturated rings. The minimum atomic E-state index is 0.111. The van der Waals surface area contributed by atoms with Gasteiger partial charge in [-0.05, 0) is 38.0 Å². The van der Waals surface area contributed by atoms with Crippen molar-refractivity contribution >= 4 is 11.8 Å². The molecule has 3 heterocycles.